The van der Waals surface area contributed by atoms with Crippen molar-refractivity contribution in [3.05, 3.63) is 16.5 Å². The molecular weight excluding hydrogens is 304 g/mol. The number of nitrogens with one attached hydrogen (secondary N) is 1. The van der Waals surface area contributed by atoms with Crippen LogP contribution in [-0.4, -0.2) is 41.0 Å². The number of nitrogens with zero attached hydrogens (tertiary/aromatic N) is 3. The van der Waals surface area contributed by atoms with E-state index in [9.17, 15) is 0 Å². The van der Waals surface area contributed by atoms with Crippen LogP contribution in [0.2, 0.25) is 0 Å². The molecule has 4 nitrogen and oxygen atoms in total. The Morgan fingerprint density at radius 2 is 2.11 bits per heavy atom. The molecule has 1 fully saturated rings. The molecule has 0 atom stereocenters. The maximum Gasteiger partial charge on any atom is 0.131 e. The van der Waals surface area contributed by atoms with Crippen LogP contribution in [0.3, 0.4) is 0 Å². The Morgan fingerprint density at radius 1 is 1.37 bits per heavy atom. The summed E-state index contributed by atoms with van der Waals surface area (Å²) >= 11 is 3.43. The monoisotopic (exact) mass is 326 g/mol. The van der Waals surface area contributed by atoms with Crippen molar-refractivity contribution in [2.24, 2.45) is 0 Å². The molecule has 1 aromatic rings. The molecule has 19 heavy (non-hydrogen) atoms. The summed E-state index contributed by atoms with van der Waals surface area (Å²) in [6.45, 7) is 4.06. The number of halogens is 1. The lowest BCUT2D eigenvalue weighted by Gasteiger charge is -2.24. The van der Waals surface area contributed by atoms with Gasteiger partial charge in [0.25, 0.3) is 0 Å². The standard InChI is InChI=1S/C14H23BrN4/c1-3-13-17-12(15)10-14(18-13)16-8-9-19(2)11-6-4-5-7-11/h10-11H,3-9H2,1-2H3,(H,16,17,18). The van der Waals surface area contributed by atoms with Gasteiger partial charge in [0, 0.05) is 31.6 Å². The lowest BCUT2D eigenvalue weighted by Crippen LogP contribution is -2.33. The third kappa shape index (κ3) is 4.42. The van der Waals surface area contributed by atoms with Crippen LogP contribution in [0.25, 0.3) is 0 Å². The van der Waals surface area contributed by atoms with E-state index in [0.717, 1.165) is 41.8 Å². The zero-order chi connectivity index (χ0) is 13.7. The Labute approximate surface area is 124 Å². The predicted molar refractivity (Wildman–Crippen MR) is 82.5 cm³/mol. The van der Waals surface area contributed by atoms with E-state index in [1.54, 1.807) is 0 Å². The average Bonchev–Trinajstić information content (AvgIpc) is 2.92. The van der Waals surface area contributed by atoms with Crippen molar-refractivity contribution in [3.8, 4) is 0 Å². The minimum absolute atomic E-state index is 0.783. The van der Waals surface area contributed by atoms with Crippen molar-refractivity contribution >= 4 is 21.7 Å². The first kappa shape index (κ1) is 14.7. The Bertz CT molecular complexity index is 404. The van der Waals surface area contributed by atoms with Gasteiger partial charge in [-0.3, -0.25) is 0 Å². The topological polar surface area (TPSA) is 41.1 Å². The van der Waals surface area contributed by atoms with Crippen molar-refractivity contribution in [3.63, 3.8) is 0 Å². The molecule has 1 aliphatic rings. The summed E-state index contributed by atoms with van der Waals surface area (Å²) in [7, 11) is 2.23. The number of aromatic nitrogens is 2. The van der Waals surface area contributed by atoms with Gasteiger partial charge >= 0.3 is 0 Å². The van der Waals surface area contributed by atoms with Gasteiger partial charge in [-0.1, -0.05) is 19.8 Å². The molecule has 1 aromatic heterocycles. The summed E-state index contributed by atoms with van der Waals surface area (Å²) < 4.78 is 0.853. The maximum atomic E-state index is 4.48. The summed E-state index contributed by atoms with van der Waals surface area (Å²) in [6.07, 6.45) is 6.35. The summed E-state index contributed by atoms with van der Waals surface area (Å²) in [5, 5.41) is 3.39. The van der Waals surface area contributed by atoms with Crippen LogP contribution >= 0.6 is 15.9 Å². The van der Waals surface area contributed by atoms with Crippen LogP contribution in [-0.2, 0) is 6.42 Å². The summed E-state index contributed by atoms with van der Waals surface area (Å²) in [6, 6.07) is 2.72. The Morgan fingerprint density at radius 3 is 2.79 bits per heavy atom. The maximum absolute atomic E-state index is 4.48. The molecule has 1 N–H and O–H groups in total. The quantitative estimate of drug-likeness (QED) is 0.815. The molecule has 0 unspecified atom stereocenters. The van der Waals surface area contributed by atoms with E-state index in [4.69, 9.17) is 0 Å². The largest absolute Gasteiger partial charge is 0.369 e. The van der Waals surface area contributed by atoms with Gasteiger partial charge in [0.2, 0.25) is 0 Å². The number of rotatable bonds is 6. The fraction of sp³-hybridized carbons (Fsp3) is 0.714. The number of hydrogen-bond donors (Lipinski definition) is 1. The first-order chi connectivity index (χ1) is 9.19. The molecule has 1 heterocycles. The van der Waals surface area contributed by atoms with Gasteiger partial charge in [0.1, 0.15) is 16.2 Å². The van der Waals surface area contributed by atoms with Crippen LogP contribution in [0, 0.1) is 0 Å². The first-order valence-corrected chi connectivity index (χ1v) is 7.96. The lowest BCUT2D eigenvalue weighted by molar-refractivity contribution is 0.254. The lowest BCUT2D eigenvalue weighted by atomic mass is 10.2. The van der Waals surface area contributed by atoms with Crippen LogP contribution in [0.1, 0.15) is 38.4 Å². The van der Waals surface area contributed by atoms with Gasteiger partial charge < -0.3 is 10.2 Å². The van der Waals surface area contributed by atoms with E-state index in [1.165, 1.54) is 25.7 Å². The summed E-state index contributed by atoms with van der Waals surface area (Å²) in [5.74, 6) is 1.79. The molecule has 0 saturated heterocycles. The van der Waals surface area contributed by atoms with Crippen LogP contribution in [0.15, 0.2) is 10.7 Å². The molecule has 106 valence electrons. The summed E-state index contributed by atoms with van der Waals surface area (Å²) in [5.41, 5.74) is 0. The van der Waals surface area contributed by atoms with Gasteiger partial charge in [0.15, 0.2) is 0 Å². The Hall–Kier alpha value is -0.680. The molecule has 0 bridgehead atoms. The highest BCUT2D eigenvalue weighted by Crippen LogP contribution is 2.22. The number of aryl methyl sites for hydroxylation is 1. The number of anilines is 1. The Balaban J connectivity index is 1.80. The molecule has 2 rings (SSSR count). The minimum atomic E-state index is 0.783. The van der Waals surface area contributed by atoms with E-state index in [1.807, 2.05) is 6.07 Å². The smallest absolute Gasteiger partial charge is 0.131 e. The van der Waals surface area contributed by atoms with Crippen LogP contribution < -0.4 is 5.32 Å². The minimum Gasteiger partial charge on any atom is -0.369 e. The van der Waals surface area contributed by atoms with Crippen molar-refractivity contribution in [2.75, 3.05) is 25.5 Å². The molecule has 0 aromatic carbocycles. The normalized spacial score (nSPS) is 16.2. The molecule has 1 saturated carbocycles. The van der Waals surface area contributed by atoms with Crippen molar-refractivity contribution in [1.82, 2.24) is 14.9 Å². The number of likely N-dealkylation sites (N-methyl/N-ethyl adjacent to an activating group) is 1. The molecule has 0 radical (unpaired) electrons. The van der Waals surface area contributed by atoms with Gasteiger partial charge in [-0.05, 0) is 35.8 Å². The second-order valence-corrected chi connectivity index (χ2v) is 6.00. The molecule has 0 spiro atoms. The van der Waals surface area contributed by atoms with Crippen LogP contribution in [0.5, 0.6) is 0 Å². The van der Waals surface area contributed by atoms with Gasteiger partial charge in [-0.2, -0.15) is 0 Å². The SMILES string of the molecule is CCc1nc(Br)cc(NCCN(C)C2CCCC2)n1. The van der Waals surface area contributed by atoms with Crippen LogP contribution in [0.4, 0.5) is 5.82 Å². The van der Waals surface area contributed by atoms with E-state index < -0.39 is 0 Å². The predicted octanol–water partition coefficient (Wildman–Crippen LogP) is 3.09. The third-order valence-electron chi connectivity index (χ3n) is 3.78. The Kier molecular flexibility index (Phi) is 5.58. The second kappa shape index (κ2) is 7.20. The third-order valence-corrected chi connectivity index (χ3v) is 4.18. The van der Waals surface area contributed by atoms with Crippen molar-refractivity contribution in [2.45, 2.75) is 45.1 Å². The highest BCUT2D eigenvalue weighted by Gasteiger charge is 2.18. The fourth-order valence-corrected chi connectivity index (χ4v) is 3.02. The molecule has 0 amide bonds. The van der Waals surface area contributed by atoms with Crippen molar-refractivity contribution in [1.29, 1.82) is 0 Å². The second-order valence-electron chi connectivity index (χ2n) is 5.19. The number of hydrogen-bond acceptors (Lipinski definition) is 4. The van der Waals surface area contributed by atoms with E-state index in [-0.39, 0.29) is 0 Å². The van der Waals surface area contributed by atoms with Gasteiger partial charge in [-0.25, -0.2) is 9.97 Å². The van der Waals surface area contributed by atoms with E-state index in [2.05, 4.69) is 50.1 Å². The highest BCUT2D eigenvalue weighted by molar-refractivity contribution is 9.10. The van der Waals surface area contributed by atoms with E-state index >= 15 is 0 Å². The molecular formula is C14H23BrN4. The zero-order valence-electron chi connectivity index (χ0n) is 11.8. The first-order valence-electron chi connectivity index (χ1n) is 7.16. The van der Waals surface area contributed by atoms with Gasteiger partial charge in [-0.15, -0.1) is 0 Å². The highest BCUT2D eigenvalue weighted by atomic mass is 79.9. The van der Waals surface area contributed by atoms with Gasteiger partial charge in [0.05, 0.1) is 0 Å². The fourth-order valence-electron chi connectivity index (χ4n) is 2.60. The average molecular weight is 327 g/mol. The van der Waals surface area contributed by atoms with E-state index in [0.29, 0.717) is 0 Å². The molecule has 1 aliphatic carbocycles. The molecule has 5 heteroatoms. The van der Waals surface area contributed by atoms with Crippen molar-refractivity contribution < 1.29 is 0 Å². The zero-order valence-corrected chi connectivity index (χ0v) is 13.4. The molecule has 0 aliphatic heterocycles. The summed E-state index contributed by atoms with van der Waals surface area (Å²) in [4.78, 5) is 11.3.